The Labute approximate surface area is 142 Å². The molecule has 7 nitrogen and oxygen atoms in total. The number of benzene rings is 1. The zero-order valence-electron chi connectivity index (χ0n) is 13.2. The molecular formula is C16H15N5O2S. The summed E-state index contributed by atoms with van der Waals surface area (Å²) in [6.07, 6.45) is 3.42. The van der Waals surface area contributed by atoms with E-state index in [9.17, 15) is 10.1 Å². The maximum Gasteiger partial charge on any atom is 0.269 e. The highest BCUT2D eigenvalue weighted by molar-refractivity contribution is 7.99. The summed E-state index contributed by atoms with van der Waals surface area (Å²) in [5, 5.41) is 20.1. The fraction of sp³-hybridized carbons (Fsp3) is 0.188. The first-order chi connectivity index (χ1) is 11.6. The average Bonchev–Trinajstić information content (AvgIpc) is 2.96. The van der Waals surface area contributed by atoms with Gasteiger partial charge in [-0.2, -0.15) is 0 Å². The second kappa shape index (κ2) is 6.79. The molecule has 0 aliphatic rings. The van der Waals surface area contributed by atoms with E-state index in [0.29, 0.717) is 0 Å². The smallest absolute Gasteiger partial charge is 0.269 e. The predicted octanol–water partition coefficient (Wildman–Crippen LogP) is 3.64. The van der Waals surface area contributed by atoms with Gasteiger partial charge in [-0.15, -0.1) is 10.2 Å². The van der Waals surface area contributed by atoms with Gasteiger partial charge in [-0.05, 0) is 24.6 Å². The standard InChI is InChI=1S/C16H15N5O2S/c1-11(13-4-3-5-14(10-13)21(22)23)24-16-19-18-15(20(16)2)12-6-8-17-9-7-12/h3-11H,1-2H3/t11-/m0/s1. The van der Waals surface area contributed by atoms with Crippen molar-refractivity contribution in [1.82, 2.24) is 19.7 Å². The fourth-order valence-corrected chi connectivity index (χ4v) is 3.22. The fourth-order valence-electron chi connectivity index (χ4n) is 2.29. The third-order valence-corrected chi connectivity index (χ3v) is 4.80. The van der Waals surface area contributed by atoms with Crippen molar-refractivity contribution < 1.29 is 4.92 Å². The number of aromatic nitrogens is 4. The van der Waals surface area contributed by atoms with Gasteiger partial charge in [-0.1, -0.05) is 23.9 Å². The van der Waals surface area contributed by atoms with Crippen LogP contribution in [0.25, 0.3) is 11.4 Å². The van der Waals surface area contributed by atoms with Gasteiger partial charge in [0.05, 0.1) is 4.92 Å². The van der Waals surface area contributed by atoms with Crippen LogP contribution in [0, 0.1) is 10.1 Å². The molecule has 3 rings (SSSR count). The van der Waals surface area contributed by atoms with E-state index in [1.54, 1.807) is 24.5 Å². The van der Waals surface area contributed by atoms with Gasteiger partial charge in [0.15, 0.2) is 11.0 Å². The maximum atomic E-state index is 10.9. The Morgan fingerprint density at radius 3 is 2.67 bits per heavy atom. The van der Waals surface area contributed by atoms with E-state index in [1.165, 1.54) is 17.8 Å². The third kappa shape index (κ3) is 3.28. The molecule has 24 heavy (non-hydrogen) atoms. The summed E-state index contributed by atoms with van der Waals surface area (Å²) in [5.41, 5.74) is 1.91. The molecule has 0 N–H and O–H groups in total. The van der Waals surface area contributed by atoms with Gasteiger partial charge in [-0.25, -0.2) is 0 Å². The molecule has 0 aliphatic heterocycles. The van der Waals surface area contributed by atoms with E-state index in [4.69, 9.17) is 0 Å². The Bertz CT molecular complexity index is 866. The first-order valence-corrected chi connectivity index (χ1v) is 8.15. The van der Waals surface area contributed by atoms with Crippen LogP contribution in [-0.4, -0.2) is 24.7 Å². The summed E-state index contributed by atoms with van der Waals surface area (Å²) < 4.78 is 1.91. The molecule has 8 heteroatoms. The third-order valence-electron chi connectivity index (χ3n) is 3.61. The molecule has 0 amide bonds. The first-order valence-electron chi connectivity index (χ1n) is 7.27. The van der Waals surface area contributed by atoms with Gasteiger partial charge < -0.3 is 4.57 Å². The molecule has 1 atom stereocenters. The van der Waals surface area contributed by atoms with Crippen LogP contribution in [-0.2, 0) is 7.05 Å². The van der Waals surface area contributed by atoms with Crippen molar-refractivity contribution in [1.29, 1.82) is 0 Å². The number of nitrogens with zero attached hydrogens (tertiary/aromatic N) is 5. The van der Waals surface area contributed by atoms with E-state index in [0.717, 1.165) is 22.1 Å². The molecule has 0 aliphatic carbocycles. The minimum atomic E-state index is -0.384. The highest BCUT2D eigenvalue weighted by Crippen LogP contribution is 2.35. The number of nitro groups is 1. The molecule has 0 unspecified atom stereocenters. The Kier molecular flexibility index (Phi) is 4.57. The number of non-ortho nitro benzene ring substituents is 1. The second-order valence-corrected chi connectivity index (χ2v) is 6.52. The van der Waals surface area contributed by atoms with Crippen LogP contribution in [0.4, 0.5) is 5.69 Å². The van der Waals surface area contributed by atoms with Gasteiger partial charge in [0, 0.05) is 42.4 Å². The number of hydrogen-bond donors (Lipinski definition) is 0. The normalized spacial score (nSPS) is 12.1. The number of rotatable bonds is 5. The maximum absolute atomic E-state index is 10.9. The minimum Gasteiger partial charge on any atom is -0.305 e. The summed E-state index contributed by atoms with van der Waals surface area (Å²) in [4.78, 5) is 14.5. The summed E-state index contributed by atoms with van der Waals surface area (Å²) >= 11 is 1.51. The van der Waals surface area contributed by atoms with Crippen molar-refractivity contribution in [3.8, 4) is 11.4 Å². The second-order valence-electron chi connectivity index (χ2n) is 5.21. The van der Waals surface area contributed by atoms with Crippen LogP contribution < -0.4 is 0 Å². The van der Waals surface area contributed by atoms with Crippen molar-refractivity contribution in [3.63, 3.8) is 0 Å². The van der Waals surface area contributed by atoms with Crippen molar-refractivity contribution in [2.45, 2.75) is 17.3 Å². The minimum absolute atomic E-state index is 0.0121. The average molecular weight is 341 g/mol. The lowest BCUT2D eigenvalue weighted by atomic mass is 10.1. The van der Waals surface area contributed by atoms with E-state index in [2.05, 4.69) is 15.2 Å². The van der Waals surface area contributed by atoms with Crippen molar-refractivity contribution in [2.75, 3.05) is 0 Å². The van der Waals surface area contributed by atoms with Crippen LogP contribution in [0.1, 0.15) is 17.7 Å². The lowest BCUT2D eigenvalue weighted by Crippen LogP contribution is -1.97. The van der Waals surface area contributed by atoms with E-state index in [-0.39, 0.29) is 15.9 Å². The molecule has 1 aromatic carbocycles. The monoisotopic (exact) mass is 341 g/mol. The number of thioether (sulfide) groups is 1. The van der Waals surface area contributed by atoms with Crippen LogP contribution >= 0.6 is 11.8 Å². The molecule has 0 spiro atoms. The Morgan fingerprint density at radius 1 is 1.21 bits per heavy atom. The zero-order chi connectivity index (χ0) is 17.1. The van der Waals surface area contributed by atoms with Crippen LogP contribution in [0.3, 0.4) is 0 Å². The molecule has 0 bridgehead atoms. The summed E-state index contributed by atoms with van der Waals surface area (Å²) in [6.45, 7) is 1.99. The van der Waals surface area contributed by atoms with Gasteiger partial charge in [0.2, 0.25) is 0 Å². The van der Waals surface area contributed by atoms with Gasteiger partial charge in [0.25, 0.3) is 5.69 Å². The quantitative estimate of drug-likeness (QED) is 0.400. The Hall–Kier alpha value is -2.74. The van der Waals surface area contributed by atoms with E-state index in [1.807, 2.05) is 36.7 Å². The SMILES string of the molecule is C[C@H](Sc1nnc(-c2ccncc2)n1C)c1cccc([N+](=O)[O-])c1. The Morgan fingerprint density at radius 2 is 1.96 bits per heavy atom. The van der Waals surface area contributed by atoms with E-state index >= 15 is 0 Å². The van der Waals surface area contributed by atoms with E-state index < -0.39 is 0 Å². The van der Waals surface area contributed by atoms with Gasteiger partial charge in [-0.3, -0.25) is 15.1 Å². The van der Waals surface area contributed by atoms with Crippen molar-refractivity contribution in [2.24, 2.45) is 7.05 Å². The summed E-state index contributed by atoms with van der Waals surface area (Å²) in [7, 11) is 1.90. The molecule has 0 fully saturated rings. The summed E-state index contributed by atoms with van der Waals surface area (Å²) in [6, 6.07) is 10.4. The van der Waals surface area contributed by atoms with Crippen LogP contribution in [0.5, 0.6) is 0 Å². The van der Waals surface area contributed by atoms with Crippen LogP contribution in [0.2, 0.25) is 0 Å². The number of hydrogen-bond acceptors (Lipinski definition) is 6. The largest absolute Gasteiger partial charge is 0.305 e. The molecule has 3 aromatic rings. The van der Waals surface area contributed by atoms with Gasteiger partial charge >= 0.3 is 0 Å². The lowest BCUT2D eigenvalue weighted by Gasteiger charge is -2.11. The lowest BCUT2D eigenvalue weighted by molar-refractivity contribution is -0.384. The van der Waals surface area contributed by atoms with Gasteiger partial charge in [0.1, 0.15) is 0 Å². The topological polar surface area (TPSA) is 86.7 Å². The molecular weight excluding hydrogens is 326 g/mol. The first kappa shape index (κ1) is 16.1. The summed E-state index contributed by atoms with van der Waals surface area (Å²) in [5.74, 6) is 0.756. The molecule has 122 valence electrons. The molecule has 2 heterocycles. The molecule has 0 saturated carbocycles. The molecule has 2 aromatic heterocycles. The highest BCUT2D eigenvalue weighted by Gasteiger charge is 2.17. The number of nitro benzene ring substituents is 1. The van der Waals surface area contributed by atoms with Crippen molar-refractivity contribution >= 4 is 17.4 Å². The highest BCUT2D eigenvalue weighted by atomic mass is 32.2. The Balaban J connectivity index is 1.83. The number of pyridine rings is 1. The zero-order valence-corrected chi connectivity index (χ0v) is 14.0. The predicted molar refractivity (Wildman–Crippen MR) is 91.6 cm³/mol. The van der Waals surface area contributed by atoms with Crippen molar-refractivity contribution in [3.05, 3.63) is 64.5 Å². The van der Waals surface area contributed by atoms with Crippen LogP contribution in [0.15, 0.2) is 53.9 Å². The molecule has 0 saturated heterocycles. The molecule has 0 radical (unpaired) electrons.